The molecule has 2 rings (SSSR count). The maximum atomic E-state index is 11.6. The number of carboxylic acids is 1. The van der Waals surface area contributed by atoms with Gasteiger partial charge in [-0.25, -0.2) is 4.79 Å². The average molecular weight is 242 g/mol. The molecule has 1 saturated heterocycles. The average Bonchev–Trinajstić information content (AvgIpc) is 3.03. The van der Waals surface area contributed by atoms with E-state index in [-0.39, 0.29) is 24.0 Å². The van der Waals surface area contributed by atoms with E-state index in [4.69, 9.17) is 9.84 Å². The highest BCUT2D eigenvalue weighted by atomic mass is 16.5. The van der Waals surface area contributed by atoms with Crippen molar-refractivity contribution in [1.29, 1.82) is 0 Å². The predicted octanol–water partition coefficient (Wildman–Crippen LogP) is -0.656. The maximum Gasteiger partial charge on any atom is 0.326 e. The molecule has 1 saturated carbocycles. The number of hydrogen-bond acceptors (Lipinski definition) is 4. The van der Waals surface area contributed by atoms with Crippen molar-refractivity contribution in [3.05, 3.63) is 0 Å². The number of carbonyl (C=O) groups is 2. The van der Waals surface area contributed by atoms with Crippen LogP contribution in [0.15, 0.2) is 0 Å². The number of rotatable bonds is 6. The monoisotopic (exact) mass is 242 g/mol. The number of hydrogen-bond donors (Lipinski definition) is 3. The van der Waals surface area contributed by atoms with Gasteiger partial charge < -0.3 is 20.5 Å². The molecule has 0 aromatic rings. The van der Waals surface area contributed by atoms with Crippen LogP contribution in [0, 0.1) is 5.92 Å². The molecule has 1 aliphatic heterocycles. The summed E-state index contributed by atoms with van der Waals surface area (Å²) in [6, 6.07) is -0.751. The summed E-state index contributed by atoms with van der Waals surface area (Å²) in [6.45, 7) is 3.30. The zero-order valence-corrected chi connectivity index (χ0v) is 9.86. The number of amides is 1. The molecular weight excluding hydrogens is 224 g/mol. The van der Waals surface area contributed by atoms with Crippen LogP contribution in [0.4, 0.5) is 0 Å². The summed E-state index contributed by atoms with van der Waals surface area (Å²) >= 11 is 0. The second-order valence-corrected chi connectivity index (χ2v) is 5.06. The molecule has 6 nitrogen and oxygen atoms in total. The van der Waals surface area contributed by atoms with E-state index in [1.807, 2.05) is 6.92 Å². The zero-order valence-electron chi connectivity index (χ0n) is 9.86. The van der Waals surface area contributed by atoms with E-state index in [9.17, 15) is 9.59 Å². The first-order valence-electron chi connectivity index (χ1n) is 5.87. The lowest BCUT2D eigenvalue weighted by atomic mass is 10.0. The fourth-order valence-electron chi connectivity index (χ4n) is 1.84. The molecule has 3 N–H and O–H groups in total. The SMILES string of the molecule is CC1(OCC(=O)NC(C(=O)O)C2CC2)CNC1. The summed E-state index contributed by atoms with van der Waals surface area (Å²) in [4.78, 5) is 22.5. The second kappa shape index (κ2) is 4.62. The van der Waals surface area contributed by atoms with Gasteiger partial charge in [0.15, 0.2) is 0 Å². The number of aliphatic carboxylic acids is 1. The number of ether oxygens (including phenoxy) is 1. The van der Waals surface area contributed by atoms with E-state index < -0.39 is 12.0 Å². The van der Waals surface area contributed by atoms with Gasteiger partial charge in [-0.2, -0.15) is 0 Å². The minimum absolute atomic E-state index is 0.0747. The van der Waals surface area contributed by atoms with Crippen LogP contribution in [0.3, 0.4) is 0 Å². The van der Waals surface area contributed by atoms with Gasteiger partial charge in [0, 0.05) is 13.1 Å². The molecule has 1 heterocycles. The van der Waals surface area contributed by atoms with Gasteiger partial charge in [-0.15, -0.1) is 0 Å². The smallest absolute Gasteiger partial charge is 0.326 e. The van der Waals surface area contributed by atoms with Crippen molar-refractivity contribution < 1.29 is 19.4 Å². The lowest BCUT2D eigenvalue weighted by molar-refractivity contribution is -0.145. The van der Waals surface area contributed by atoms with Gasteiger partial charge >= 0.3 is 5.97 Å². The van der Waals surface area contributed by atoms with Crippen LogP contribution in [0.1, 0.15) is 19.8 Å². The molecule has 0 bridgehead atoms. The van der Waals surface area contributed by atoms with E-state index in [1.165, 1.54) is 0 Å². The minimum atomic E-state index is -0.961. The quantitative estimate of drug-likeness (QED) is 0.576. The van der Waals surface area contributed by atoms with Gasteiger partial charge in [0.05, 0.1) is 5.60 Å². The normalized spacial score (nSPS) is 23.6. The number of carbonyl (C=O) groups excluding carboxylic acids is 1. The first-order chi connectivity index (χ1) is 8.00. The zero-order chi connectivity index (χ0) is 12.5. The molecule has 6 heteroatoms. The lowest BCUT2D eigenvalue weighted by Gasteiger charge is -2.38. The Morgan fingerprint density at radius 3 is 2.59 bits per heavy atom. The molecule has 0 aromatic carbocycles. The standard InChI is InChI=1S/C11H18N2O4/c1-11(5-12-6-11)17-4-8(14)13-9(10(15)16)7-2-3-7/h7,9,12H,2-6H2,1H3,(H,13,14)(H,15,16). The number of carboxylic acid groups (broad SMARTS) is 1. The van der Waals surface area contributed by atoms with E-state index >= 15 is 0 Å². The Hall–Kier alpha value is -1.14. The molecule has 17 heavy (non-hydrogen) atoms. The second-order valence-electron chi connectivity index (χ2n) is 5.06. The summed E-state index contributed by atoms with van der Waals surface area (Å²) < 4.78 is 5.44. The first-order valence-corrected chi connectivity index (χ1v) is 5.87. The molecule has 0 spiro atoms. The lowest BCUT2D eigenvalue weighted by Crippen LogP contribution is -2.60. The molecule has 1 aliphatic carbocycles. The fraction of sp³-hybridized carbons (Fsp3) is 0.818. The van der Waals surface area contributed by atoms with E-state index in [2.05, 4.69) is 10.6 Å². The maximum absolute atomic E-state index is 11.6. The van der Waals surface area contributed by atoms with Crippen LogP contribution in [0.25, 0.3) is 0 Å². The highest BCUT2D eigenvalue weighted by Crippen LogP contribution is 2.32. The molecular formula is C11H18N2O4. The Bertz CT molecular complexity index is 323. The van der Waals surface area contributed by atoms with E-state index in [0.29, 0.717) is 0 Å². The van der Waals surface area contributed by atoms with Crippen molar-refractivity contribution in [3.8, 4) is 0 Å². The van der Waals surface area contributed by atoms with Gasteiger partial charge in [-0.1, -0.05) is 0 Å². The Kier molecular flexibility index (Phi) is 3.35. The number of nitrogens with one attached hydrogen (secondary N) is 2. The van der Waals surface area contributed by atoms with E-state index in [1.54, 1.807) is 0 Å². The molecule has 1 amide bonds. The van der Waals surface area contributed by atoms with Crippen molar-refractivity contribution >= 4 is 11.9 Å². The Morgan fingerprint density at radius 1 is 1.53 bits per heavy atom. The van der Waals surface area contributed by atoms with Crippen molar-refractivity contribution in [1.82, 2.24) is 10.6 Å². The topological polar surface area (TPSA) is 87.7 Å². The largest absolute Gasteiger partial charge is 0.480 e. The van der Waals surface area contributed by atoms with Gasteiger partial charge in [0.1, 0.15) is 12.6 Å². The van der Waals surface area contributed by atoms with Crippen LogP contribution in [-0.2, 0) is 14.3 Å². The molecule has 0 radical (unpaired) electrons. The van der Waals surface area contributed by atoms with Crippen molar-refractivity contribution in [3.63, 3.8) is 0 Å². The third-order valence-corrected chi connectivity index (χ3v) is 3.23. The van der Waals surface area contributed by atoms with Crippen LogP contribution >= 0.6 is 0 Å². The summed E-state index contributed by atoms with van der Waals surface area (Å²) in [5.41, 5.74) is -0.282. The fourth-order valence-corrected chi connectivity index (χ4v) is 1.84. The van der Waals surface area contributed by atoms with Crippen molar-refractivity contribution in [2.75, 3.05) is 19.7 Å². The summed E-state index contributed by atoms with van der Waals surface area (Å²) in [6.07, 6.45) is 1.75. The highest BCUT2D eigenvalue weighted by molar-refractivity contribution is 5.84. The van der Waals surface area contributed by atoms with Crippen molar-refractivity contribution in [2.24, 2.45) is 5.92 Å². The molecule has 2 aliphatic rings. The minimum Gasteiger partial charge on any atom is -0.480 e. The highest BCUT2D eigenvalue weighted by Gasteiger charge is 2.38. The van der Waals surface area contributed by atoms with Crippen LogP contribution in [0.2, 0.25) is 0 Å². The molecule has 1 unspecified atom stereocenters. The third-order valence-electron chi connectivity index (χ3n) is 3.23. The van der Waals surface area contributed by atoms with E-state index in [0.717, 1.165) is 25.9 Å². The van der Waals surface area contributed by atoms with Gasteiger partial charge in [0.25, 0.3) is 0 Å². The summed E-state index contributed by atoms with van der Waals surface area (Å²) in [5.74, 6) is -1.22. The third kappa shape index (κ3) is 3.17. The summed E-state index contributed by atoms with van der Waals surface area (Å²) in [7, 11) is 0. The van der Waals surface area contributed by atoms with Crippen LogP contribution in [-0.4, -0.2) is 48.3 Å². The van der Waals surface area contributed by atoms with Gasteiger partial charge in [0.2, 0.25) is 5.91 Å². The molecule has 1 atom stereocenters. The Labute approximate surface area is 99.7 Å². The Balaban J connectivity index is 1.73. The van der Waals surface area contributed by atoms with Crippen LogP contribution in [0.5, 0.6) is 0 Å². The Morgan fingerprint density at radius 2 is 2.18 bits per heavy atom. The molecule has 2 fully saturated rings. The molecule has 0 aromatic heterocycles. The first kappa shape index (κ1) is 12.3. The molecule has 96 valence electrons. The van der Waals surface area contributed by atoms with Gasteiger partial charge in [-0.3, -0.25) is 4.79 Å². The summed E-state index contributed by atoms with van der Waals surface area (Å²) in [5, 5.41) is 14.5. The van der Waals surface area contributed by atoms with Gasteiger partial charge in [-0.05, 0) is 25.7 Å². The van der Waals surface area contributed by atoms with Crippen molar-refractivity contribution in [2.45, 2.75) is 31.4 Å². The predicted molar refractivity (Wildman–Crippen MR) is 59.5 cm³/mol. The van der Waals surface area contributed by atoms with Crippen LogP contribution < -0.4 is 10.6 Å².